The highest BCUT2D eigenvalue weighted by molar-refractivity contribution is 5.33. The van der Waals surface area contributed by atoms with Gasteiger partial charge in [0.05, 0.1) is 6.61 Å². The van der Waals surface area contributed by atoms with Crippen LogP contribution in [0.4, 0.5) is 0 Å². The average molecular weight is 224 g/mol. The van der Waals surface area contributed by atoms with Crippen LogP contribution in [-0.2, 0) is 23.1 Å². The van der Waals surface area contributed by atoms with E-state index in [1.165, 1.54) is 5.56 Å². The Labute approximate surface area is 96.3 Å². The summed E-state index contributed by atoms with van der Waals surface area (Å²) in [5, 5.41) is 7.45. The Bertz CT molecular complexity index is 358. The first-order valence-corrected chi connectivity index (χ1v) is 5.82. The van der Waals surface area contributed by atoms with Gasteiger partial charge >= 0.3 is 0 Å². The Hall–Kier alpha value is -0.870. The molecule has 1 N–H and O–H groups in total. The number of rotatable bonds is 5. The van der Waals surface area contributed by atoms with Gasteiger partial charge in [-0.1, -0.05) is 19.0 Å². The van der Waals surface area contributed by atoms with Crippen molar-refractivity contribution < 1.29 is 9.26 Å². The van der Waals surface area contributed by atoms with Gasteiger partial charge in [-0.25, -0.2) is 0 Å². The molecule has 0 spiro atoms. The summed E-state index contributed by atoms with van der Waals surface area (Å²) < 4.78 is 10.4. The van der Waals surface area contributed by atoms with Gasteiger partial charge in [-0.15, -0.1) is 0 Å². The fraction of sp³-hybridized carbons (Fsp3) is 0.750. The SMILES string of the molecule is COCCNCc1noc2c1CCC2(C)C. The molecule has 1 heterocycles. The maximum Gasteiger partial charge on any atom is 0.145 e. The molecular weight excluding hydrogens is 204 g/mol. The molecule has 90 valence electrons. The molecule has 0 radical (unpaired) electrons. The molecule has 0 unspecified atom stereocenters. The molecule has 0 bridgehead atoms. The Morgan fingerprint density at radius 1 is 1.50 bits per heavy atom. The van der Waals surface area contributed by atoms with Gasteiger partial charge in [0.1, 0.15) is 11.5 Å². The molecule has 0 saturated heterocycles. The van der Waals surface area contributed by atoms with Crippen molar-refractivity contribution in [1.29, 1.82) is 0 Å². The number of ether oxygens (including phenoxy) is 1. The van der Waals surface area contributed by atoms with Crippen molar-refractivity contribution in [2.75, 3.05) is 20.3 Å². The second-order valence-electron chi connectivity index (χ2n) is 4.99. The number of fused-ring (bicyclic) bond motifs is 1. The van der Waals surface area contributed by atoms with Crippen LogP contribution in [-0.4, -0.2) is 25.4 Å². The van der Waals surface area contributed by atoms with Gasteiger partial charge in [-0.2, -0.15) is 0 Å². The number of methoxy groups -OCH3 is 1. The van der Waals surface area contributed by atoms with Crippen molar-refractivity contribution in [2.45, 2.75) is 38.6 Å². The van der Waals surface area contributed by atoms with E-state index in [-0.39, 0.29) is 5.41 Å². The molecule has 0 fully saturated rings. The van der Waals surface area contributed by atoms with Crippen molar-refractivity contribution in [3.63, 3.8) is 0 Å². The highest BCUT2D eigenvalue weighted by atomic mass is 16.5. The summed E-state index contributed by atoms with van der Waals surface area (Å²) in [4.78, 5) is 0. The summed E-state index contributed by atoms with van der Waals surface area (Å²) >= 11 is 0. The fourth-order valence-corrected chi connectivity index (χ4v) is 2.20. The Balaban J connectivity index is 1.97. The first kappa shape index (κ1) is 11.6. The first-order chi connectivity index (χ1) is 7.65. The van der Waals surface area contributed by atoms with E-state index in [4.69, 9.17) is 9.26 Å². The van der Waals surface area contributed by atoms with Crippen LogP contribution in [0.3, 0.4) is 0 Å². The monoisotopic (exact) mass is 224 g/mol. The van der Waals surface area contributed by atoms with E-state index >= 15 is 0 Å². The molecule has 0 aromatic carbocycles. The molecule has 0 atom stereocenters. The molecule has 1 aliphatic carbocycles. The van der Waals surface area contributed by atoms with Crippen molar-refractivity contribution in [3.8, 4) is 0 Å². The van der Waals surface area contributed by atoms with Crippen molar-refractivity contribution in [2.24, 2.45) is 0 Å². The minimum atomic E-state index is 0.160. The maximum absolute atomic E-state index is 5.46. The predicted octanol–water partition coefficient (Wildman–Crippen LogP) is 1.63. The van der Waals surface area contributed by atoms with Gasteiger partial charge in [0.25, 0.3) is 0 Å². The average Bonchev–Trinajstić information content (AvgIpc) is 2.77. The van der Waals surface area contributed by atoms with Gasteiger partial charge in [-0.05, 0) is 12.8 Å². The fourth-order valence-electron chi connectivity index (χ4n) is 2.20. The lowest BCUT2D eigenvalue weighted by molar-refractivity contribution is 0.199. The summed E-state index contributed by atoms with van der Waals surface area (Å²) in [5.74, 6) is 1.08. The third kappa shape index (κ3) is 2.13. The zero-order valence-electron chi connectivity index (χ0n) is 10.3. The molecule has 1 aromatic rings. The van der Waals surface area contributed by atoms with E-state index < -0.39 is 0 Å². The normalized spacial score (nSPS) is 17.7. The van der Waals surface area contributed by atoms with Gasteiger partial charge in [-0.3, -0.25) is 0 Å². The summed E-state index contributed by atoms with van der Waals surface area (Å²) in [6.45, 7) is 6.78. The van der Waals surface area contributed by atoms with E-state index in [0.29, 0.717) is 0 Å². The summed E-state index contributed by atoms with van der Waals surface area (Å²) in [5.41, 5.74) is 2.54. The Morgan fingerprint density at radius 3 is 3.06 bits per heavy atom. The minimum Gasteiger partial charge on any atom is -0.383 e. The molecule has 0 aliphatic heterocycles. The topological polar surface area (TPSA) is 47.3 Å². The van der Waals surface area contributed by atoms with Crippen LogP contribution in [0.2, 0.25) is 0 Å². The van der Waals surface area contributed by atoms with Crippen LogP contribution < -0.4 is 5.32 Å². The van der Waals surface area contributed by atoms with Crippen LogP contribution in [0.1, 0.15) is 37.3 Å². The molecule has 4 nitrogen and oxygen atoms in total. The summed E-state index contributed by atoms with van der Waals surface area (Å²) in [6, 6.07) is 0. The number of nitrogens with one attached hydrogen (secondary N) is 1. The molecule has 2 rings (SSSR count). The summed E-state index contributed by atoms with van der Waals surface area (Å²) in [7, 11) is 1.71. The van der Waals surface area contributed by atoms with Crippen molar-refractivity contribution >= 4 is 0 Å². The van der Waals surface area contributed by atoms with E-state index in [2.05, 4.69) is 24.3 Å². The number of hydrogen-bond donors (Lipinski definition) is 1. The molecule has 0 amide bonds. The molecule has 16 heavy (non-hydrogen) atoms. The number of nitrogens with zero attached hydrogens (tertiary/aromatic N) is 1. The standard InChI is InChI=1S/C12H20N2O2/c1-12(2)5-4-9-10(14-16-11(9)12)8-13-6-7-15-3/h13H,4-8H2,1-3H3. The van der Waals surface area contributed by atoms with E-state index in [9.17, 15) is 0 Å². The van der Waals surface area contributed by atoms with Crippen LogP contribution in [0.15, 0.2) is 4.52 Å². The van der Waals surface area contributed by atoms with Crippen molar-refractivity contribution in [1.82, 2.24) is 10.5 Å². The predicted molar refractivity (Wildman–Crippen MR) is 61.4 cm³/mol. The molecule has 4 heteroatoms. The van der Waals surface area contributed by atoms with E-state index in [1.54, 1.807) is 7.11 Å². The second-order valence-corrected chi connectivity index (χ2v) is 4.99. The quantitative estimate of drug-likeness (QED) is 0.772. The van der Waals surface area contributed by atoms with E-state index in [0.717, 1.165) is 44.0 Å². The third-order valence-corrected chi connectivity index (χ3v) is 3.26. The Kier molecular flexibility index (Phi) is 3.30. The summed E-state index contributed by atoms with van der Waals surface area (Å²) in [6.07, 6.45) is 2.25. The van der Waals surface area contributed by atoms with Crippen molar-refractivity contribution in [3.05, 3.63) is 17.0 Å². The van der Waals surface area contributed by atoms with E-state index in [1.807, 2.05) is 0 Å². The number of aromatic nitrogens is 1. The second kappa shape index (κ2) is 4.55. The van der Waals surface area contributed by atoms with Crippen LogP contribution in [0.5, 0.6) is 0 Å². The lowest BCUT2D eigenvalue weighted by Gasteiger charge is -2.13. The third-order valence-electron chi connectivity index (χ3n) is 3.26. The Morgan fingerprint density at radius 2 is 2.31 bits per heavy atom. The highest BCUT2D eigenvalue weighted by Gasteiger charge is 2.36. The van der Waals surface area contributed by atoms with Gasteiger partial charge in [0.2, 0.25) is 0 Å². The van der Waals surface area contributed by atoms with Crippen LogP contribution >= 0.6 is 0 Å². The molecule has 1 aromatic heterocycles. The van der Waals surface area contributed by atoms with Gasteiger partial charge in [0, 0.05) is 31.2 Å². The maximum atomic E-state index is 5.46. The molecule has 0 saturated carbocycles. The first-order valence-electron chi connectivity index (χ1n) is 5.82. The highest BCUT2D eigenvalue weighted by Crippen LogP contribution is 2.39. The van der Waals surface area contributed by atoms with Gasteiger partial charge < -0.3 is 14.6 Å². The smallest absolute Gasteiger partial charge is 0.145 e. The van der Waals surface area contributed by atoms with Gasteiger partial charge in [0.15, 0.2) is 0 Å². The van der Waals surface area contributed by atoms with Crippen LogP contribution in [0, 0.1) is 0 Å². The largest absolute Gasteiger partial charge is 0.383 e. The molecular formula is C12H20N2O2. The minimum absolute atomic E-state index is 0.160. The number of hydrogen-bond acceptors (Lipinski definition) is 4. The zero-order chi connectivity index (χ0) is 11.6. The zero-order valence-corrected chi connectivity index (χ0v) is 10.3. The van der Waals surface area contributed by atoms with Crippen LogP contribution in [0.25, 0.3) is 0 Å². The molecule has 1 aliphatic rings. The lowest BCUT2D eigenvalue weighted by atomic mass is 9.92. The lowest BCUT2D eigenvalue weighted by Crippen LogP contribution is -2.19.